The van der Waals surface area contributed by atoms with Gasteiger partial charge in [0.1, 0.15) is 0 Å². The van der Waals surface area contributed by atoms with Gasteiger partial charge in [-0.2, -0.15) is 0 Å². The topological polar surface area (TPSA) is 71.8 Å². The van der Waals surface area contributed by atoms with E-state index in [4.69, 9.17) is 0 Å². The number of aromatic nitrogens is 3. The van der Waals surface area contributed by atoms with Gasteiger partial charge in [-0.25, -0.2) is 0 Å². The summed E-state index contributed by atoms with van der Waals surface area (Å²) in [5.41, 5.74) is 0.952. The van der Waals surface area contributed by atoms with Gasteiger partial charge < -0.3 is 10.6 Å². The number of rotatable bonds is 6. The Morgan fingerprint density at radius 1 is 1.47 bits per heavy atom. The molecule has 0 aliphatic carbocycles. The molecule has 17 heavy (non-hydrogen) atoms. The summed E-state index contributed by atoms with van der Waals surface area (Å²) in [5, 5.41) is 13.6. The predicted molar refractivity (Wildman–Crippen MR) is 65.2 cm³/mol. The van der Waals surface area contributed by atoms with Gasteiger partial charge in [-0.15, -0.1) is 5.10 Å². The van der Waals surface area contributed by atoms with Crippen LogP contribution in [0.25, 0.3) is 0 Å². The van der Waals surface area contributed by atoms with Crippen molar-refractivity contribution in [1.82, 2.24) is 25.6 Å². The maximum atomic E-state index is 11.7. The van der Waals surface area contributed by atoms with Gasteiger partial charge >= 0.3 is 0 Å². The molecule has 6 heteroatoms. The lowest BCUT2D eigenvalue weighted by molar-refractivity contribution is -0.122. The molecule has 0 aliphatic heterocycles. The molecule has 1 aromatic heterocycles. The Labute approximate surface area is 102 Å². The van der Waals surface area contributed by atoms with Crippen LogP contribution in [-0.4, -0.2) is 33.5 Å². The molecule has 0 saturated carbocycles. The summed E-state index contributed by atoms with van der Waals surface area (Å²) in [7, 11) is 1.83. The van der Waals surface area contributed by atoms with E-state index in [1.54, 1.807) is 10.9 Å². The monoisotopic (exact) mass is 239 g/mol. The molecule has 1 heterocycles. The Bertz CT molecular complexity index is 360. The summed E-state index contributed by atoms with van der Waals surface area (Å²) in [6.45, 7) is 7.27. The van der Waals surface area contributed by atoms with E-state index in [-0.39, 0.29) is 11.9 Å². The molecule has 0 aliphatic rings. The highest BCUT2D eigenvalue weighted by molar-refractivity contribution is 5.81. The van der Waals surface area contributed by atoms with Crippen molar-refractivity contribution >= 4 is 5.91 Å². The number of amides is 1. The first-order valence-corrected chi connectivity index (χ1v) is 5.85. The Hall–Kier alpha value is -1.43. The van der Waals surface area contributed by atoms with Crippen molar-refractivity contribution in [3.05, 3.63) is 11.9 Å². The Morgan fingerprint density at radius 3 is 2.71 bits per heavy atom. The minimum atomic E-state index is -0.219. The van der Waals surface area contributed by atoms with Crippen LogP contribution in [0.4, 0.5) is 0 Å². The number of carbonyl (C=O) groups is 1. The van der Waals surface area contributed by atoms with Crippen molar-refractivity contribution in [1.29, 1.82) is 0 Å². The van der Waals surface area contributed by atoms with Gasteiger partial charge in [-0.1, -0.05) is 19.1 Å². The molecule has 0 spiro atoms. The minimum Gasteiger partial charge on any atom is -0.354 e. The van der Waals surface area contributed by atoms with Gasteiger partial charge in [0.05, 0.1) is 17.9 Å². The van der Waals surface area contributed by atoms with Crippen molar-refractivity contribution in [3.63, 3.8) is 0 Å². The molecule has 1 rings (SSSR count). The molecule has 1 unspecified atom stereocenters. The second-order valence-corrected chi connectivity index (χ2v) is 4.59. The summed E-state index contributed by atoms with van der Waals surface area (Å²) >= 11 is 0. The van der Waals surface area contributed by atoms with E-state index in [0.717, 1.165) is 5.69 Å². The van der Waals surface area contributed by atoms with Crippen LogP contribution in [0.3, 0.4) is 0 Å². The first-order valence-electron chi connectivity index (χ1n) is 5.85. The average Bonchev–Trinajstić information content (AvgIpc) is 2.68. The van der Waals surface area contributed by atoms with Crippen LogP contribution in [-0.2, 0) is 18.4 Å². The molecule has 0 aromatic carbocycles. The van der Waals surface area contributed by atoms with E-state index in [2.05, 4.69) is 34.8 Å². The fraction of sp³-hybridized carbons (Fsp3) is 0.727. The third-order valence-electron chi connectivity index (χ3n) is 2.48. The number of hydrogen-bond acceptors (Lipinski definition) is 4. The molecular weight excluding hydrogens is 218 g/mol. The van der Waals surface area contributed by atoms with Crippen molar-refractivity contribution in [2.45, 2.75) is 33.4 Å². The van der Waals surface area contributed by atoms with Crippen molar-refractivity contribution in [2.24, 2.45) is 13.0 Å². The zero-order valence-corrected chi connectivity index (χ0v) is 10.9. The Kier molecular flexibility index (Phi) is 5.09. The zero-order chi connectivity index (χ0) is 12.8. The van der Waals surface area contributed by atoms with Crippen LogP contribution in [0.15, 0.2) is 6.20 Å². The highest BCUT2D eigenvalue weighted by atomic mass is 16.2. The van der Waals surface area contributed by atoms with Crippen LogP contribution in [0.5, 0.6) is 0 Å². The molecule has 96 valence electrons. The summed E-state index contributed by atoms with van der Waals surface area (Å²) in [6.07, 6.45) is 1.69. The van der Waals surface area contributed by atoms with E-state index in [9.17, 15) is 4.79 Å². The van der Waals surface area contributed by atoms with E-state index in [1.807, 2.05) is 14.0 Å². The first-order chi connectivity index (χ1) is 8.00. The normalized spacial score (nSPS) is 12.8. The number of aryl methyl sites for hydroxylation is 1. The summed E-state index contributed by atoms with van der Waals surface area (Å²) < 4.78 is 1.69. The highest BCUT2D eigenvalue weighted by Gasteiger charge is 2.12. The van der Waals surface area contributed by atoms with Gasteiger partial charge in [-0.05, 0) is 12.8 Å². The maximum Gasteiger partial charge on any atom is 0.236 e. The summed E-state index contributed by atoms with van der Waals surface area (Å²) in [6, 6.07) is -0.219. The fourth-order valence-electron chi connectivity index (χ4n) is 1.28. The van der Waals surface area contributed by atoms with Gasteiger partial charge in [0.15, 0.2) is 0 Å². The van der Waals surface area contributed by atoms with Crippen molar-refractivity contribution in [2.75, 3.05) is 6.54 Å². The zero-order valence-electron chi connectivity index (χ0n) is 10.9. The lowest BCUT2D eigenvalue weighted by Gasteiger charge is -2.14. The van der Waals surface area contributed by atoms with Crippen LogP contribution in [0, 0.1) is 5.92 Å². The Balaban J connectivity index is 2.31. The van der Waals surface area contributed by atoms with E-state index < -0.39 is 0 Å². The molecule has 0 saturated heterocycles. The quantitative estimate of drug-likeness (QED) is 0.736. The molecule has 2 N–H and O–H groups in total. The molecular formula is C11H21N5O. The van der Waals surface area contributed by atoms with Gasteiger partial charge in [-0.3, -0.25) is 9.48 Å². The third-order valence-corrected chi connectivity index (χ3v) is 2.48. The average molecular weight is 239 g/mol. The van der Waals surface area contributed by atoms with E-state index in [1.165, 1.54) is 0 Å². The predicted octanol–water partition coefficient (Wildman–Crippen LogP) is 0.0654. The SMILES string of the molecule is CC(C)CNC(=O)C(C)NCc1cnnn1C. The molecule has 0 fully saturated rings. The molecule has 0 radical (unpaired) electrons. The van der Waals surface area contributed by atoms with Crippen LogP contribution < -0.4 is 10.6 Å². The second-order valence-electron chi connectivity index (χ2n) is 4.59. The van der Waals surface area contributed by atoms with Gasteiger partial charge in [0.2, 0.25) is 5.91 Å². The molecule has 1 amide bonds. The van der Waals surface area contributed by atoms with Crippen molar-refractivity contribution in [3.8, 4) is 0 Å². The van der Waals surface area contributed by atoms with Gasteiger partial charge in [0.25, 0.3) is 0 Å². The second kappa shape index (κ2) is 6.34. The molecule has 0 bridgehead atoms. The van der Waals surface area contributed by atoms with Crippen LogP contribution in [0.1, 0.15) is 26.5 Å². The number of carbonyl (C=O) groups excluding carboxylic acids is 1. The number of nitrogens with zero attached hydrogens (tertiary/aromatic N) is 3. The van der Waals surface area contributed by atoms with E-state index >= 15 is 0 Å². The number of hydrogen-bond donors (Lipinski definition) is 2. The van der Waals surface area contributed by atoms with Crippen LogP contribution >= 0.6 is 0 Å². The fourth-order valence-corrected chi connectivity index (χ4v) is 1.28. The third kappa shape index (κ3) is 4.52. The number of nitrogens with one attached hydrogen (secondary N) is 2. The molecule has 1 atom stereocenters. The largest absolute Gasteiger partial charge is 0.354 e. The molecule has 1 aromatic rings. The first kappa shape index (κ1) is 13.6. The Morgan fingerprint density at radius 2 is 2.18 bits per heavy atom. The molecule has 6 nitrogen and oxygen atoms in total. The van der Waals surface area contributed by atoms with Gasteiger partial charge in [0, 0.05) is 20.1 Å². The highest BCUT2D eigenvalue weighted by Crippen LogP contribution is 1.94. The maximum absolute atomic E-state index is 11.7. The van der Waals surface area contributed by atoms with Crippen molar-refractivity contribution < 1.29 is 4.79 Å². The minimum absolute atomic E-state index is 0.0221. The standard InChI is InChI=1S/C11H21N5O/c1-8(2)5-13-11(17)9(3)12-6-10-7-14-15-16(10)4/h7-9,12H,5-6H2,1-4H3,(H,13,17). The lowest BCUT2D eigenvalue weighted by Crippen LogP contribution is -2.43. The summed E-state index contributed by atoms with van der Waals surface area (Å²) in [4.78, 5) is 11.7. The van der Waals surface area contributed by atoms with Crippen LogP contribution in [0.2, 0.25) is 0 Å². The summed E-state index contributed by atoms with van der Waals surface area (Å²) in [5.74, 6) is 0.487. The lowest BCUT2D eigenvalue weighted by atomic mass is 10.2. The van der Waals surface area contributed by atoms with E-state index in [0.29, 0.717) is 19.0 Å². The smallest absolute Gasteiger partial charge is 0.236 e.